The summed E-state index contributed by atoms with van der Waals surface area (Å²) in [6.45, 7) is 4.46. The van der Waals surface area contributed by atoms with Crippen LogP contribution in [0, 0.1) is 11.3 Å². The normalized spacial score (nSPS) is 16.2. The van der Waals surface area contributed by atoms with E-state index in [0.717, 1.165) is 64.6 Å². The van der Waals surface area contributed by atoms with Gasteiger partial charge in [-0.05, 0) is 49.9 Å². The van der Waals surface area contributed by atoms with Gasteiger partial charge < -0.3 is 34.6 Å². The number of ether oxygens (including phenoxy) is 3. The van der Waals surface area contributed by atoms with Crippen molar-refractivity contribution in [3.8, 4) is 23.3 Å². The van der Waals surface area contributed by atoms with Crippen LogP contribution in [0.2, 0.25) is 10.0 Å². The number of methoxy groups -OCH3 is 2. The van der Waals surface area contributed by atoms with Gasteiger partial charge >= 0.3 is 0 Å². The largest absolute Gasteiger partial charge is 0.495 e. The third kappa shape index (κ3) is 11.4. The molecule has 16 nitrogen and oxygen atoms in total. The lowest BCUT2D eigenvalue weighted by atomic mass is 10.0. The molecule has 1 atom stereocenters. The second kappa shape index (κ2) is 22.4. The summed E-state index contributed by atoms with van der Waals surface area (Å²) in [4.78, 5) is 73.2. The number of hydrogen-bond donors (Lipinski definition) is 3. The summed E-state index contributed by atoms with van der Waals surface area (Å²) in [7, 11) is 3.07. The minimum Gasteiger partial charge on any atom is -0.495 e. The molecule has 4 heterocycles. The van der Waals surface area contributed by atoms with Gasteiger partial charge in [0.1, 0.15) is 17.9 Å². The molecule has 1 aromatic heterocycles. The molecular formula is C48H54Cl2N8O8. The van der Waals surface area contributed by atoms with Crippen molar-refractivity contribution in [2.75, 3.05) is 64.2 Å². The number of hydrogen-bond acceptors (Lipinski definition) is 12. The Morgan fingerprint density at radius 2 is 1.62 bits per heavy atom. The van der Waals surface area contributed by atoms with E-state index in [-0.39, 0.29) is 43.0 Å². The van der Waals surface area contributed by atoms with Gasteiger partial charge in [-0.1, -0.05) is 55.0 Å². The first-order valence-electron chi connectivity index (χ1n) is 22.4. The number of fused-ring (bicyclic) bond motifs is 2. The van der Waals surface area contributed by atoms with Gasteiger partial charge in [0.15, 0.2) is 11.5 Å². The topological polar surface area (TPSA) is 196 Å². The van der Waals surface area contributed by atoms with Crippen LogP contribution in [-0.4, -0.2) is 109 Å². The number of rotatable bonds is 20. The summed E-state index contributed by atoms with van der Waals surface area (Å²) < 4.78 is 17.2. The van der Waals surface area contributed by atoms with Crippen molar-refractivity contribution in [2.24, 2.45) is 0 Å². The van der Waals surface area contributed by atoms with Crippen LogP contribution >= 0.6 is 23.2 Å². The number of benzene rings is 3. The molecule has 0 spiro atoms. The maximum atomic E-state index is 13.1. The molecule has 2 saturated heterocycles. The average Bonchev–Trinajstić information content (AvgIpc) is 3.65. The molecule has 0 saturated carbocycles. The Bertz CT molecular complexity index is 2520. The molecule has 3 N–H and O–H groups in total. The molecule has 0 aliphatic carbocycles. The number of imide groups is 1. The van der Waals surface area contributed by atoms with Gasteiger partial charge in [0.25, 0.3) is 5.91 Å². The molecule has 66 heavy (non-hydrogen) atoms. The molecule has 0 bridgehead atoms. The maximum absolute atomic E-state index is 13.1. The highest BCUT2D eigenvalue weighted by molar-refractivity contribution is 6.37. The monoisotopic (exact) mass is 940 g/mol. The number of piperidine rings is 1. The lowest BCUT2D eigenvalue weighted by molar-refractivity contribution is -0.137. The van der Waals surface area contributed by atoms with Gasteiger partial charge in [0.05, 0.1) is 53.3 Å². The van der Waals surface area contributed by atoms with Crippen molar-refractivity contribution in [1.82, 2.24) is 25.0 Å². The Labute approximate surface area is 393 Å². The third-order valence-corrected chi connectivity index (χ3v) is 12.9. The lowest BCUT2D eigenvalue weighted by Crippen LogP contribution is -2.52. The molecule has 3 aromatic carbocycles. The molecule has 3 aliphatic heterocycles. The summed E-state index contributed by atoms with van der Waals surface area (Å²) in [5.41, 5.74) is 3.64. The molecule has 348 valence electrons. The zero-order valence-electron chi connectivity index (χ0n) is 37.2. The van der Waals surface area contributed by atoms with Gasteiger partial charge in [-0.15, -0.1) is 0 Å². The number of amides is 5. The average molecular weight is 942 g/mol. The Kier molecular flexibility index (Phi) is 16.2. The minimum atomic E-state index is -0.711. The van der Waals surface area contributed by atoms with E-state index in [0.29, 0.717) is 104 Å². The van der Waals surface area contributed by atoms with Crippen molar-refractivity contribution < 1.29 is 38.2 Å². The molecule has 5 amide bonds. The first kappa shape index (κ1) is 47.8. The highest BCUT2D eigenvalue weighted by atomic mass is 35.5. The standard InChI is InChI=1S/C48H54Cl2N8O8/c1-64-40-26-38(34(49)24-35(40)50)54-46-30(27-51)28-52-37-25-42(41(65-2)23-32(37)46)66-22-10-17-56-18-20-57(21-19-56)45(61)14-8-6-4-3-5-7-13-43(59)53-36-12-9-11-31-33(36)29-58(48(31)63)39-15-16-44(60)55-47(39)62/h9,11-12,23-26,28,39H,3-8,10,13-22,29H2,1-2H3,(H,52,54)(H,53,59)(H,55,60,62). The van der Waals surface area contributed by atoms with Gasteiger partial charge in [-0.2, -0.15) is 5.26 Å². The number of anilines is 3. The first-order valence-corrected chi connectivity index (χ1v) is 23.1. The Morgan fingerprint density at radius 3 is 2.35 bits per heavy atom. The number of carbonyl (C=O) groups excluding carboxylic acids is 5. The van der Waals surface area contributed by atoms with E-state index in [4.69, 9.17) is 37.4 Å². The van der Waals surface area contributed by atoms with Crippen LogP contribution in [0.25, 0.3) is 10.9 Å². The predicted octanol–water partition coefficient (Wildman–Crippen LogP) is 7.61. The molecule has 2 fully saturated rings. The molecule has 3 aliphatic rings. The summed E-state index contributed by atoms with van der Waals surface area (Å²) in [6, 6.07) is 13.5. The van der Waals surface area contributed by atoms with E-state index in [9.17, 15) is 29.2 Å². The maximum Gasteiger partial charge on any atom is 0.255 e. The smallest absolute Gasteiger partial charge is 0.255 e. The number of piperazine rings is 1. The number of carbonyl (C=O) groups is 5. The zero-order chi connectivity index (χ0) is 46.7. The van der Waals surface area contributed by atoms with E-state index >= 15 is 0 Å². The van der Waals surface area contributed by atoms with Gasteiger partial charge in [-0.25, -0.2) is 0 Å². The highest BCUT2D eigenvalue weighted by Crippen LogP contribution is 2.41. The molecule has 4 aromatic rings. The summed E-state index contributed by atoms with van der Waals surface area (Å²) in [5, 5.41) is 19.8. The summed E-state index contributed by atoms with van der Waals surface area (Å²) in [6.07, 6.45) is 9.00. The van der Waals surface area contributed by atoms with Crippen LogP contribution in [0.4, 0.5) is 17.1 Å². The fraction of sp³-hybridized carbons (Fsp3) is 0.438. The van der Waals surface area contributed by atoms with Crippen LogP contribution in [0.1, 0.15) is 92.1 Å². The van der Waals surface area contributed by atoms with Crippen molar-refractivity contribution in [1.29, 1.82) is 5.26 Å². The van der Waals surface area contributed by atoms with Gasteiger partial charge in [0, 0.05) is 99.1 Å². The Hall–Kier alpha value is -6.15. The first-order chi connectivity index (χ1) is 32.0. The van der Waals surface area contributed by atoms with E-state index in [1.54, 1.807) is 49.6 Å². The predicted molar refractivity (Wildman–Crippen MR) is 250 cm³/mol. The van der Waals surface area contributed by atoms with Crippen LogP contribution in [0.5, 0.6) is 17.2 Å². The van der Waals surface area contributed by atoms with Crippen molar-refractivity contribution >= 4 is 80.7 Å². The lowest BCUT2D eigenvalue weighted by Gasteiger charge is -2.34. The third-order valence-electron chi connectivity index (χ3n) is 12.3. The van der Waals surface area contributed by atoms with E-state index in [1.807, 2.05) is 4.90 Å². The van der Waals surface area contributed by atoms with Crippen LogP contribution < -0.4 is 30.2 Å². The van der Waals surface area contributed by atoms with Crippen LogP contribution in [0.15, 0.2) is 48.7 Å². The Morgan fingerprint density at radius 1 is 0.879 bits per heavy atom. The summed E-state index contributed by atoms with van der Waals surface area (Å²) in [5.74, 6) is 0.444. The minimum absolute atomic E-state index is 0.126. The van der Waals surface area contributed by atoms with Crippen LogP contribution in [0.3, 0.4) is 0 Å². The van der Waals surface area contributed by atoms with Gasteiger partial charge in [0.2, 0.25) is 23.6 Å². The SMILES string of the molecule is COc1cc(Nc2c(C#N)cnc3cc(OCCCN4CCN(C(=O)CCCCCCCCC(=O)Nc5cccc6c5CN(C5CCC(=O)NC5=O)C6=O)CC4)c(OC)cc23)c(Cl)cc1Cl. The van der Waals surface area contributed by atoms with Crippen LogP contribution in [-0.2, 0) is 25.7 Å². The number of nitriles is 1. The Balaban J connectivity index is 0.763. The molecule has 18 heteroatoms. The number of pyridine rings is 1. The van der Waals surface area contributed by atoms with E-state index in [1.165, 1.54) is 18.2 Å². The molecule has 7 rings (SSSR count). The van der Waals surface area contributed by atoms with Crippen molar-refractivity contribution in [2.45, 2.75) is 83.2 Å². The quantitative estimate of drug-likeness (QED) is 0.0581. The van der Waals surface area contributed by atoms with Crippen molar-refractivity contribution in [3.05, 3.63) is 75.4 Å². The molecular weight excluding hydrogens is 887 g/mol. The fourth-order valence-electron chi connectivity index (χ4n) is 8.64. The van der Waals surface area contributed by atoms with E-state index in [2.05, 4.69) is 31.9 Å². The van der Waals surface area contributed by atoms with E-state index < -0.39 is 11.9 Å². The number of aromatic nitrogens is 1. The van der Waals surface area contributed by atoms with Gasteiger partial charge in [-0.3, -0.25) is 39.2 Å². The number of nitrogens with one attached hydrogen (secondary N) is 3. The number of halogens is 2. The number of unbranched alkanes of at least 4 members (excludes halogenated alkanes) is 5. The number of nitrogens with zero attached hydrogens (tertiary/aromatic N) is 5. The highest BCUT2D eigenvalue weighted by Gasteiger charge is 2.40. The molecule has 1 unspecified atom stereocenters. The second-order valence-electron chi connectivity index (χ2n) is 16.6. The van der Waals surface area contributed by atoms with Crippen molar-refractivity contribution in [3.63, 3.8) is 0 Å². The summed E-state index contributed by atoms with van der Waals surface area (Å²) >= 11 is 12.7. The zero-order valence-corrected chi connectivity index (χ0v) is 38.7. The second-order valence-corrected chi connectivity index (χ2v) is 17.4. The fourth-order valence-corrected chi connectivity index (χ4v) is 9.15. The molecule has 0 radical (unpaired) electrons.